The number of esters is 1. The van der Waals surface area contributed by atoms with Crippen LogP contribution in [-0.4, -0.2) is 44.1 Å². The molecule has 0 aliphatic carbocycles. The maximum absolute atomic E-state index is 13.8. The summed E-state index contributed by atoms with van der Waals surface area (Å²) in [5.41, 5.74) is 2.19. The zero-order chi connectivity index (χ0) is 33.9. The molecule has 0 saturated heterocycles. The topological polar surface area (TPSA) is 117 Å². The molecule has 1 atom stereocenters. The van der Waals surface area contributed by atoms with E-state index in [4.69, 9.17) is 21.1 Å². The van der Waals surface area contributed by atoms with Crippen molar-refractivity contribution >= 4 is 29.2 Å². The second-order valence-corrected chi connectivity index (χ2v) is 12.2. The highest BCUT2D eigenvalue weighted by molar-refractivity contribution is 6.31. The summed E-state index contributed by atoms with van der Waals surface area (Å²) in [6, 6.07) is 17.9. The smallest absolute Gasteiger partial charge is 0.338 e. The van der Waals surface area contributed by atoms with Crippen LogP contribution in [0.1, 0.15) is 50.5 Å². The van der Waals surface area contributed by atoms with Crippen molar-refractivity contribution in [3.63, 3.8) is 0 Å². The van der Waals surface area contributed by atoms with Gasteiger partial charge in [0.15, 0.2) is 0 Å². The Hall–Kier alpha value is -5.29. The molecule has 0 aliphatic rings. The number of aromatic nitrogens is 4. The Morgan fingerprint density at radius 3 is 2.40 bits per heavy atom. The number of carbonyl (C=O) groups is 2. The van der Waals surface area contributed by atoms with Crippen molar-refractivity contribution in [3.05, 3.63) is 112 Å². The Labute approximate surface area is 275 Å². The summed E-state index contributed by atoms with van der Waals surface area (Å²) in [5, 5.41) is 11.7. The molecule has 0 radical (unpaired) electrons. The summed E-state index contributed by atoms with van der Waals surface area (Å²) < 4.78 is 27.8. The van der Waals surface area contributed by atoms with E-state index in [0.717, 1.165) is 0 Å². The molecular weight excluding hydrogens is 625 g/mol. The van der Waals surface area contributed by atoms with Gasteiger partial charge in [-0.15, -0.1) is 5.10 Å². The van der Waals surface area contributed by atoms with Crippen molar-refractivity contribution in [2.24, 2.45) is 0 Å². The number of anilines is 1. The number of nitrogens with zero attached hydrogens (tertiary/aromatic N) is 4. The summed E-state index contributed by atoms with van der Waals surface area (Å²) in [6.45, 7) is 7.14. The molecule has 12 heteroatoms. The largest absolute Gasteiger partial charge is 0.495 e. The molecule has 2 heterocycles. The van der Waals surface area contributed by atoms with E-state index < -0.39 is 34.9 Å². The lowest BCUT2D eigenvalue weighted by Crippen LogP contribution is -2.32. The van der Waals surface area contributed by atoms with Gasteiger partial charge in [0.1, 0.15) is 28.9 Å². The van der Waals surface area contributed by atoms with Gasteiger partial charge in [-0.3, -0.25) is 14.2 Å². The molecule has 5 rings (SSSR count). The zero-order valence-corrected chi connectivity index (χ0v) is 27.2. The maximum Gasteiger partial charge on any atom is 0.338 e. The quantitative estimate of drug-likeness (QED) is 0.168. The van der Waals surface area contributed by atoms with Gasteiger partial charge in [0, 0.05) is 33.5 Å². The molecule has 2 aromatic heterocycles. The van der Waals surface area contributed by atoms with E-state index in [1.807, 2.05) is 0 Å². The average molecular weight is 658 g/mol. The maximum atomic E-state index is 13.8. The van der Waals surface area contributed by atoms with E-state index in [1.54, 1.807) is 88.5 Å². The van der Waals surface area contributed by atoms with E-state index in [9.17, 15) is 18.8 Å². The normalized spacial score (nSPS) is 12.0. The lowest BCUT2D eigenvalue weighted by atomic mass is 10.0. The van der Waals surface area contributed by atoms with E-state index in [0.29, 0.717) is 56.5 Å². The highest BCUT2D eigenvalue weighted by atomic mass is 35.5. The van der Waals surface area contributed by atoms with Crippen LogP contribution < -0.4 is 15.6 Å². The van der Waals surface area contributed by atoms with Crippen LogP contribution in [0.5, 0.6) is 5.75 Å². The van der Waals surface area contributed by atoms with Crippen LogP contribution in [0.15, 0.2) is 90.0 Å². The molecule has 0 fully saturated rings. The van der Waals surface area contributed by atoms with Crippen LogP contribution in [-0.2, 0) is 9.53 Å². The van der Waals surface area contributed by atoms with Gasteiger partial charge in [-0.25, -0.2) is 13.9 Å². The first-order valence-corrected chi connectivity index (χ1v) is 15.2. The Morgan fingerprint density at radius 1 is 1.00 bits per heavy atom. The molecule has 1 amide bonds. The van der Waals surface area contributed by atoms with E-state index in [2.05, 4.69) is 15.6 Å². The number of pyridine rings is 1. The number of halogens is 2. The fraction of sp³-hybridized carbons (Fsp3) is 0.229. The molecule has 5 aromatic rings. The molecule has 47 heavy (non-hydrogen) atoms. The Kier molecular flexibility index (Phi) is 9.57. The molecule has 10 nitrogen and oxygen atoms in total. The molecule has 0 unspecified atom stereocenters. The molecule has 0 aliphatic heterocycles. The zero-order valence-electron chi connectivity index (χ0n) is 26.5. The minimum Gasteiger partial charge on any atom is -0.495 e. The highest BCUT2D eigenvalue weighted by Crippen LogP contribution is 2.36. The predicted octanol–water partition coefficient (Wildman–Crippen LogP) is 7.11. The summed E-state index contributed by atoms with van der Waals surface area (Å²) >= 11 is 6.40. The van der Waals surface area contributed by atoms with Gasteiger partial charge >= 0.3 is 5.97 Å². The van der Waals surface area contributed by atoms with Gasteiger partial charge < -0.3 is 14.8 Å². The summed E-state index contributed by atoms with van der Waals surface area (Å²) in [4.78, 5) is 39.4. The van der Waals surface area contributed by atoms with Crippen molar-refractivity contribution < 1.29 is 23.5 Å². The summed E-state index contributed by atoms with van der Waals surface area (Å²) in [5.74, 6) is -0.985. The number of ether oxygens (including phenoxy) is 2. The highest BCUT2D eigenvalue weighted by Gasteiger charge is 2.24. The van der Waals surface area contributed by atoms with Crippen molar-refractivity contribution in [2.75, 3.05) is 12.4 Å². The Morgan fingerprint density at radius 2 is 1.74 bits per heavy atom. The van der Waals surface area contributed by atoms with Gasteiger partial charge in [0.25, 0.3) is 5.56 Å². The van der Waals surface area contributed by atoms with Crippen LogP contribution in [0.4, 0.5) is 10.1 Å². The lowest BCUT2D eigenvalue weighted by molar-refractivity contribution is -0.119. The van der Waals surface area contributed by atoms with Crippen LogP contribution >= 0.6 is 11.6 Å². The third kappa shape index (κ3) is 7.58. The third-order valence-electron chi connectivity index (χ3n) is 7.19. The number of hydrogen-bond donors (Lipinski definition) is 1. The van der Waals surface area contributed by atoms with Gasteiger partial charge in [-0.1, -0.05) is 35.9 Å². The molecule has 242 valence electrons. The van der Waals surface area contributed by atoms with Gasteiger partial charge in [0.05, 0.1) is 30.8 Å². The number of carbonyl (C=O) groups excluding carboxylic acids is 2. The van der Waals surface area contributed by atoms with Crippen LogP contribution in [0, 0.1) is 5.82 Å². The second-order valence-electron chi connectivity index (χ2n) is 11.7. The van der Waals surface area contributed by atoms with Crippen molar-refractivity contribution in [2.45, 2.75) is 45.8 Å². The standard InChI is InChI=1S/C35H33ClFN5O5/c1-6-29(33(44)38-25-13-10-21(11-14-25)34(45)47-35(2,3)4)41-20-31(46-5)27(18-32(41)43)26-17-23(36)12-15-30(26)42-19-28(39-40-42)22-8-7-9-24(37)16-22/h7-20,29H,6H2,1-5H3,(H,38,44)/t29-/m0/s1. The minimum absolute atomic E-state index is 0.300. The van der Waals surface area contributed by atoms with Crippen molar-refractivity contribution in [3.8, 4) is 33.8 Å². The number of methoxy groups -OCH3 is 1. The van der Waals surface area contributed by atoms with Crippen LogP contribution in [0.25, 0.3) is 28.1 Å². The number of hydrogen-bond acceptors (Lipinski definition) is 7. The number of benzene rings is 3. The first kappa shape index (κ1) is 33.1. The van der Waals surface area contributed by atoms with Crippen LogP contribution in [0.3, 0.4) is 0 Å². The van der Waals surface area contributed by atoms with E-state index in [-0.39, 0.29) is 0 Å². The predicted molar refractivity (Wildman–Crippen MR) is 178 cm³/mol. The number of rotatable bonds is 9. The van der Waals surface area contributed by atoms with Crippen molar-refractivity contribution in [1.29, 1.82) is 0 Å². The lowest BCUT2D eigenvalue weighted by Gasteiger charge is -2.21. The van der Waals surface area contributed by atoms with Crippen LogP contribution in [0.2, 0.25) is 5.02 Å². The molecule has 0 spiro atoms. The summed E-state index contributed by atoms with van der Waals surface area (Å²) in [7, 11) is 1.46. The van der Waals surface area contributed by atoms with Gasteiger partial charge in [-0.05, 0) is 81.8 Å². The molecule has 0 bridgehead atoms. The van der Waals surface area contributed by atoms with Gasteiger partial charge in [0.2, 0.25) is 5.91 Å². The molecule has 0 saturated carbocycles. The Bertz CT molecular complexity index is 2000. The minimum atomic E-state index is -0.876. The average Bonchev–Trinajstić information content (AvgIpc) is 3.52. The number of nitrogens with one attached hydrogen (secondary N) is 1. The molecular formula is C35H33ClFN5O5. The fourth-order valence-electron chi connectivity index (χ4n) is 4.99. The first-order valence-electron chi connectivity index (χ1n) is 14.8. The number of amides is 1. The van der Waals surface area contributed by atoms with Gasteiger partial charge in [-0.2, -0.15) is 0 Å². The van der Waals surface area contributed by atoms with E-state index >= 15 is 0 Å². The third-order valence-corrected chi connectivity index (χ3v) is 7.42. The fourth-order valence-corrected chi connectivity index (χ4v) is 5.16. The Balaban J connectivity index is 1.45. The van der Waals surface area contributed by atoms with E-state index in [1.165, 1.54) is 40.8 Å². The second kappa shape index (κ2) is 13.6. The van der Waals surface area contributed by atoms with Crippen molar-refractivity contribution in [1.82, 2.24) is 19.6 Å². The molecule has 1 N–H and O–H groups in total. The SMILES string of the molecule is CC[C@@H](C(=O)Nc1ccc(C(=O)OC(C)(C)C)cc1)n1cc(OC)c(-c2cc(Cl)ccc2-n2cc(-c3cccc(F)c3)nn2)cc1=O. The first-order chi connectivity index (χ1) is 22.4. The summed E-state index contributed by atoms with van der Waals surface area (Å²) in [6.07, 6.45) is 3.43. The molecule has 3 aromatic carbocycles. The monoisotopic (exact) mass is 657 g/mol.